The van der Waals surface area contributed by atoms with Gasteiger partial charge in [-0.3, -0.25) is 4.79 Å². The topological polar surface area (TPSA) is 89.8 Å². The number of aliphatic hydroxyl groups excluding tert-OH is 3. The number of nitrogens with one attached hydrogen (secondary N) is 1. The number of rotatable bonds is 7. The third kappa shape index (κ3) is 7.04. The molecule has 0 aromatic heterocycles. The van der Waals surface area contributed by atoms with Crippen LogP contribution in [0.2, 0.25) is 0 Å². The van der Waals surface area contributed by atoms with Gasteiger partial charge in [0.2, 0.25) is 5.91 Å². The first-order chi connectivity index (χ1) is 7.01. The molecule has 0 aliphatic carbocycles. The van der Waals surface area contributed by atoms with Crippen molar-refractivity contribution in [1.82, 2.24) is 5.32 Å². The molecule has 0 spiro atoms. The summed E-state index contributed by atoms with van der Waals surface area (Å²) < 4.78 is -0.193. The van der Waals surface area contributed by atoms with Crippen molar-refractivity contribution < 1.29 is 20.1 Å². The van der Waals surface area contributed by atoms with Crippen molar-refractivity contribution in [3.8, 4) is 0 Å². The number of carbonyl (C=O) groups excluding carboxylic acids is 1. The highest BCUT2D eigenvalue weighted by Gasteiger charge is 2.19. The summed E-state index contributed by atoms with van der Waals surface area (Å²) >= 11 is 1.99. The fourth-order valence-electron chi connectivity index (χ4n) is 0.963. The molecule has 0 fully saturated rings. The Hall–Kier alpha value is 0.0800. The SMILES string of the molecule is CCC(=O)NC[C@H](O)[C@@H](I)C[C@H](O)CO. The monoisotopic (exact) mass is 331 g/mol. The molecule has 90 valence electrons. The lowest BCUT2D eigenvalue weighted by atomic mass is 10.1. The van der Waals surface area contributed by atoms with E-state index >= 15 is 0 Å². The molecule has 0 radical (unpaired) electrons. The summed E-state index contributed by atoms with van der Waals surface area (Å²) in [5, 5.41) is 29.9. The molecular formula is C9H18INO4. The van der Waals surface area contributed by atoms with Crippen molar-refractivity contribution in [2.75, 3.05) is 13.2 Å². The van der Waals surface area contributed by atoms with Gasteiger partial charge < -0.3 is 20.6 Å². The van der Waals surface area contributed by atoms with Crippen LogP contribution in [0, 0.1) is 0 Å². The van der Waals surface area contributed by atoms with Gasteiger partial charge in [-0.25, -0.2) is 0 Å². The van der Waals surface area contributed by atoms with Gasteiger partial charge in [0.15, 0.2) is 0 Å². The maximum absolute atomic E-state index is 10.9. The molecule has 0 heterocycles. The van der Waals surface area contributed by atoms with Crippen LogP contribution in [0.25, 0.3) is 0 Å². The van der Waals surface area contributed by atoms with Crippen molar-refractivity contribution in [1.29, 1.82) is 0 Å². The fraction of sp³-hybridized carbons (Fsp3) is 0.889. The minimum Gasteiger partial charge on any atom is -0.394 e. The van der Waals surface area contributed by atoms with Crippen molar-refractivity contribution in [2.24, 2.45) is 0 Å². The second-order valence-electron chi connectivity index (χ2n) is 3.31. The molecule has 0 aromatic rings. The van der Waals surface area contributed by atoms with E-state index in [1.54, 1.807) is 6.92 Å². The quantitative estimate of drug-likeness (QED) is 0.371. The number of halogens is 1. The normalized spacial score (nSPS) is 16.9. The zero-order chi connectivity index (χ0) is 11.8. The van der Waals surface area contributed by atoms with E-state index in [1.807, 2.05) is 22.6 Å². The summed E-state index contributed by atoms with van der Waals surface area (Å²) in [6, 6.07) is 0. The third-order valence-electron chi connectivity index (χ3n) is 1.95. The van der Waals surface area contributed by atoms with Gasteiger partial charge in [-0.05, 0) is 6.42 Å². The summed E-state index contributed by atoms with van der Waals surface area (Å²) in [4.78, 5) is 10.9. The summed E-state index contributed by atoms with van der Waals surface area (Å²) in [6.45, 7) is 1.60. The number of aliphatic hydroxyl groups is 3. The molecule has 0 aliphatic rings. The molecule has 4 N–H and O–H groups in total. The average Bonchev–Trinajstić information content (AvgIpc) is 2.24. The Kier molecular flexibility index (Phi) is 8.30. The summed E-state index contributed by atoms with van der Waals surface area (Å²) in [7, 11) is 0. The lowest BCUT2D eigenvalue weighted by molar-refractivity contribution is -0.121. The van der Waals surface area contributed by atoms with Crippen molar-refractivity contribution >= 4 is 28.5 Å². The molecule has 15 heavy (non-hydrogen) atoms. The van der Waals surface area contributed by atoms with Gasteiger partial charge in [0.25, 0.3) is 0 Å². The highest BCUT2D eigenvalue weighted by molar-refractivity contribution is 14.1. The predicted octanol–water partition coefficient (Wildman–Crippen LogP) is -0.580. The zero-order valence-corrected chi connectivity index (χ0v) is 10.8. The standard InChI is InChI=1S/C9H18INO4/c1-2-9(15)11-4-8(14)7(10)3-6(13)5-12/h6-8,12-14H,2-5H2,1H3,(H,11,15)/t6-,7-,8-/m0/s1. The van der Waals surface area contributed by atoms with Crippen LogP contribution < -0.4 is 5.32 Å². The van der Waals surface area contributed by atoms with Crippen molar-refractivity contribution in [2.45, 2.75) is 35.9 Å². The first kappa shape index (κ1) is 15.1. The average molecular weight is 331 g/mol. The Labute approximate surface area is 103 Å². The van der Waals surface area contributed by atoms with E-state index in [-0.39, 0.29) is 23.0 Å². The Morgan fingerprint density at radius 2 is 2.07 bits per heavy atom. The van der Waals surface area contributed by atoms with Gasteiger partial charge in [-0.1, -0.05) is 29.5 Å². The maximum Gasteiger partial charge on any atom is 0.219 e. The molecule has 0 bridgehead atoms. The predicted molar refractivity (Wildman–Crippen MR) is 64.8 cm³/mol. The summed E-state index contributed by atoms with van der Waals surface area (Å²) in [5.41, 5.74) is 0. The van der Waals surface area contributed by atoms with E-state index in [9.17, 15) is 9.90 Å². The lowest BCUT2D eigenvalue weighted by Gasteiger charge is -2.19. The van der Waals surface area contributed by atoms with Crippen LogP contribution >= 0.6 is 22.6 Å². The van der Waals surface area contributed by atoms with Gasteiger partial charge in [-0.15, -0.1) is 0 Å². The van der Waals surface area contributed by atoms with Gasteiger partial charge in [0.1, 0.15) is 0 Å². The van der Waals surface area contributed by atoms with E-state index in [0.29, 0.717) is 12.8 Å². The molecule has 5 nitrogen and oxygen atoms in total. The molecule has 0 saturated carbocycles. The second-order valence-corrected chi connectivity index (χ2v) is 4.91. The molecular weight excluding hydrogens is 313 g/mol. The highest BCUT2D eigenvalue weighted by atomic mass is 127. The number of amides is 1. The van der Waals surface area contributed by atoms with Crippen molar-refractivity contribution in [3.05, 3.63) is 0 Å². The third-order valence-corrected chi connectivity index (χ3v) is 3.29. The van der Waals surface area contributed by atoms with Gasteiger partial charge >= 0.3 is 0 Å². The molecule has 3 atom stereocenters. The number of carbonyl (C=O) groups is 1. The van der Waals surface area contributed by atoms with Crippen molar-refractivity contribution in [3.63, 3.8) is 0 Å². The first-order valence-electron chi connectivity index (χ1n) is 4.89. The van der Waals surface area contributed by atoms with Crippen LogP contribution in [0.1, 0.15) is 19.8 Å². The van der Waals surface area contributed by atoms with Crippen LogP contribution in [0.5, 0.6) is 0 Å². The number of alkyl halides is 1. The molecule has 6 heteroatoms. The molecule has 0 unspecified atom stereocenters. The largest absolute Gasteiger partial charge is 0.394 e. The Balaban J connectivity index is 3.78. The van der Waals surface area contributed by atoms with E-state index in [2.05, 4.69) is 5.32 Å². The Morgan fingerprint density at radius 3 is 2.53 bits per heavy atom. The van der Waals surface area contributed by atoms with E-state index in [1.165, 1.54) is 0 Å². The Bertz CT molecular complexity index is 191. The van der Waals surface area contributed by atoms with E-state index < -0.39 is 12.2 Å². The van der Waals surface area contributed by atoms with Gasteiger partial charge in [0, 0.05) is 16.9 Å². The highest BCUT2D eigenvalue weighted by Crippen LogP contribution is 2.13. The number of hydrogen-bond donors (Lipinski definition) is 4. The van der Waals surface area contributed by atoms with Gasteiger partial charge in [0.05, 0.1) is 18.8 Å². The van der Waals surface area contributed by atoms with Crippen LogP contribution in [0.15, 0.2) is 0 Å². The smallest absolute Gasteiger partial charge is 0.219 e. The Morgan fingerprint density at radius 1 is 1.47 bits per heavy atom. The number of hydrogen-bond acceptors (Lipinski definition) is 4. The van der Waals surface area contributed by atoms with Crippen LogP contribution in [0.3, 0.4) is 0 Å². The lowest BCUT2D eigenvalue weighted by Crippen LogP contribution is -2.38. The summed E-state index contributed by atoms with van der Waals surface area (Å²) in [6.07, 6.45) is -0.830. The molecule has 0 rings (SSSR count). The molecule has 0 aliphatic heterocycles. The minimum absolute atomic E-state index is 0.111. The molecule has 0 saturated heterocycles. The zero-order valence-electron chi connectivity index (χ0n) is 8.69. The maximum atomic E-state index is 10.9. The summed E-state index contributed by atoms with van der Waals surface area (Å²) in [5.74, 6) is -0.111. The molecule has 0 aromatic carbocycles. The van der Waals surface area contributed by atoms with Crippen LogP contribution in [-0.4, -0.2) is 50.5 Å². The van der Waals surface area contributed by atoms with Gasteiger partial charge in [-0.2, -0.15) is 0 Å². The first-order valence-corrected chi connectivity index (χ1v) is 6.13. The molecule has 1 amide bonds. The fourth-order valence-corrected chi connectivity index (χ4v) is 1.80. The van der Waals surface area contributed by atoms with E-state index in [0.717, 1.165) is 0 Å². The van der Waals surface area contributed by atoms with E-state index in [4.69, 9.17) is 10.2 Å². The second kappa shape index (κ2) is 8.26. The minimum atomic E-state index is -0.816. The van der Waals surface area contributed by atoms with Crippen LogP contribution in [-0.2, 0) is 4.79 Å². The van der Waals surface area contributed by atoms with Crippen LogP contribution in [0.4, 0.5) is 0 Å².